The first-order valence-corrected chi connectivity index (χ1v) is 13.6. The van der Waals surface area contributed by atoms with Crippen LogP contribution in [0.25, 0.3) is 22.6 Å². The molecule has 0 radical (unpaired) electrons. The second-order valence-electron chi connectivity index (χ2n) is 8.01. The highest BCUT2D eigenvalue weighted by Gasteiger charge is 2.27. The van der Waals surface area contributed by atoms with Gasteiger partial charge in [0.1, 0.15) is 11.4 Å². The number of benzene rings is 2. The van der Waals surface area contributed by atoms with Crippen LogP contribution in [0.15, 0.2) is 57.8 Å². The van der Waals surface area contributed by atoms with E-state index < -0.39 is 20.5 Å². The standard InChI is InChI=1S/C22H24N2O4S.2CH3NOS.CH4.H2O/c1-27-17-13-11-15(12-14-17)20-21(18-9-5-6-10-19(18)29(23,25)26)28-22(24-20)16-7-3-2-4-8-16;2*2-1(3)4;;/h5-6,9-14,16H,2-4,7-8H2,1H3,(H2,23,25,26);2*(H3,2,3,4);1H4;1H2. The molecular weight excluding hydrogens is 564 g/mol. The van der Waals surface area contributed by atoms with Crippen LogP contribution in [0.2, 0.25) is 0 Å². The van der Waals surface area contributed by atoms with Gasteiger partial charge in [0, 0.05) is 17.0 Å². The molecule has 216 valence electrons. The number of primary amides is 2. The van der Waals surface area contributed by atoms with Gasteiger partial charge in [-0.15, -0.1) is 0 Å². The lowest BCUT2D eigenvalue weighted by Gasteiger charge is -2.18. The summed E-state index contributed by atoms with van der Waals surface area (Å²) >= 11 is 6.21. The summed E-state index contributed by atoms with van der Waals surface area (Å²) in [5.74, 6) is 2.07. The van der Waals surface area contributed by atoms with Crippen LogP contribution in [0, 0.1) is 0 Å². The Balaban J connectivity index is 0.00000128. The lowest BCUT2D eigenvalue weighted by molar-refractivity contribution is 0.266. The number of nitrogens with zero attached hydrogens (tertiary/aromatic N) is 1. The number of amides is 2. The van der Waals surface area contributed by atoms with Crippen LogP contribution in [-0.2, 0) is 10.0 Å². The number of hydrogen-bond acceptors (Lipinski definition) is 7. The smallest absolute Gasteiger partial charge is 0.273 e. The van der Waals surface area contributed by atoms with Crippen molar-refractivity contribution in [2.75, 3.05) is 7.11 Å². The minimum Gasteiger partial charge on any atom is -0.497 e. The molecule has 2 amide bonds. The molecule has 14 heteroatoms. The highest BCUT2D eigenvalue weighted by atomic mass is 32.2. The molecule has 8 N–H and O–H groups in total. The van der Waals surface area contributed by atoms with Crippen molar-refractivity contribution < 1.29 is 32.6 Å². The summed E-state index contributed by atoms with van der Waals surface area (Å²) in [5.41, 5.74) is 10.5. The van der Waals surface area contributed by atoms with Gasteiger partial charge in [-0.05, 0) is 49.2 Å². The molecule has 39 heavy (non-hydrogen) atoms. The van der Waals surface area contributed by atoms with Crippen molar-refractivity contribution in [2.45, 2.75) is 50.3 Å². The molecule has 1 aliphatic carbocycles. The number of methoxy groups -OCH3 is 1. The predicted molar refractivity (Wildman–Crippen MR) is 159 cm³/mol. The van der Waals surface area contributed by atoms with Crippen LogP contribution in [0.5, 0.6) is 5.75 Å². The van der Waals surface area contributed by atoms with Crippen LogP contribution in [0.4, 0.5) is 9.59 Å². The third-order valence-electron chi connectivity index (χ3n) is 5.40. The average Bonchev–Trinajstić information content (AvgIpc) is 3.29. The van der Waals surface area contributed by atoms with E-state index in [1.165, 1.54) is 12.5 Å². The number of thiol groups is 2. The maximum absolute atomic E-state index is 12.2. The average molecular weight is 601 g/mol. The van der Waals surface area contributed by atoms with Crippen LogP contribution in [-0.4, -0.2) is 36.5 Å². The van der Waals surface area contributed by atoms with Crippen molar-refractivity contribution >= 4 is 45.8 Å². The normalized spacial score (nSPS) is 12.7. The number of carbonyl (C=O) groups is 2. The van der Waals surface area contributed by atoms with Crippen molar-refractivity contribution in [3.8, 4) is 28.3 Å². The van der Waals surface area contributed by atoms with Gasteiger partial charge in [0.25, 0.3) is 10.5 Å². The molecule has 0 atom stereocenters. The number of aromatic nitrogens is 1. The number of nitrogens with two attached hydrogens (primary N) is 3. The van der Waals surface area contributed by atoms with Crippen molar-refractivity contribution in [1.82, 2.24) is 4.98 Å². The lowest BCUT2D eigenvalue weighted by Crippen LogP contribution is -2.13. The molecule has 11 nitrogen and oxygen atoms in total. The van der Waals surface area contributed by atoms with E-state index in [0.29, 0.717) is 22.9 Å². The van der Waals surface area contributed by atoms with Gasteiger partial charge in [0.2, 0.25) is 10.0 Å². The molecule has 0 spiro atoms. The number of sulfonamides is 1. The van der Waals surface area contributed by atoms with Crippen molar-refractivity contribution in [3.05, 3.63) is 54.4 Å². The van der Waals surface area contributed by atoms with E-state index in [-0.39, 0.29) is 23.7 Å². The Morgan fingerprint density at radius 2 is 1.49 bits per heavy atom. The minimum atomic E-state index is -3.91. The van der Waals surface area contributed by atoms with E-state index in [0.717, 1.165) is 37.0 Å². The molecule has 0 unspecified atom stereocenters. The zero-order chi connectivity index (χ0) is 27.6. The molecule has 0 saturated heterocycles. The zero-order valence-electron chi connectivity index (χ0n) is 20.7. The van der Waals surface area contributed by atoms with Crippen LogP contribution in [0.3, 0.4) is 0 Å². The van der Waals surface area contributed by atoms with Gasteiger partial charge in [-0.2, -0.15) is 0 Å². The fourth-order valence-electron chi connectivity index (χ4n) is 3.89. The molecule has 2 aromatic carbocycles. The number of carbonyl (C=O) groups excluding carboxylic acids is 2. The number of hydrogen-bond donors (Lipinski definition) is 5. The molecule has 1 saturated carbocycles. The van der Waals surface area contributed by atoms with E-state index in [2.05, 4.69) is 36.7 Å². The predicted octanol–water partition coefficient (Wildman–Crippen LogP) is 4.51. The molecule has 1 aromatic heterocycles. The summed E-state index contributed by atoms with van der Waals surface area (Å²) in [6.07, 6.45) is 5.57. The number of oxazole rings is 1. The van der Waals surface area contributed by atoms with Gasteiger partial charge >= 0.3 is 0 Å². The van der Waals surface area contributed by atoms with Gasteiger partial charge in [0.15, 0.2) is 11.7 Å². The van der Waals surface area contributed by atoms with Gasteiger partial charge in [-0.1, -0.05) is 64.1 Å². The molecule has 4 rings (SSSR count). The largest absolute Gasteiger partial charge is 0.497 e. The first-order valence-electron chi connectivity index (χ1n) is 11.2. The third-order valence-corrected chi connectivity index (χ3v) is 6.37. The summed E-state index contributed by atoms with van der Waals surface area (Å²) in [6.45, 7) is 0. The second kappa shape index (κ2) is 16.8. The Morgan fingerprint density at radius 3 is 1.97 bits per heavy atom. The summed E-state index contributed by atoms with van der Waals surface area (Å²) in [4.78, 5) is 23.0. The fourth-order valence-corrected chi connectivity index (χ4v) is 4.63. The summed E-state index contributed by atoms with van der Waals surface area (Å²) in [6, 6.07) is 14.1. The monoisotopic (exact) mass is 600 g/mol. The van der Waals surface area contributed by atoms with E-state index in [9.17, 15) is 8.42 Å². The molecule has 3 aromatic rings. The molecule has 0 bridgehead atoms. The van der Waals surface area contributed by atoms with E-state index in [1.54, 1.807) is 25.3 Å². The van der Waals surface area contributed by atoms with E-state index in [1.807, 2.05) is 24.3 Å². The van der Waals surface area contributed by atoms with E-state index >= 15 is 0 Å². The Kier molecular flexibility index (Phi) is 15.5. The van der Waals surface area contributed by atoms with Gasteiger partial charge < -0.3 is 26.1 Å². The van der Waals surface area contributed by atoms with Gasteiger partial charge in [-0.3, -0.25) is 9.59 Å². The van der Waals surface area contributed by atoms with Crippen molar-refractivity contribution in [1.29, 1.82) is 0 Å². The quantitative estimate of drug-likeness (QED) is 0.264. The maximum Gasteiger partial charge on any atom is 0.273 e. The fraction of sp³-hybridized carbons (Fsp3) is 0.320. The lowest BCUT2D eigenvalue weighted by atomic mass is 9.89. The highest BCUT2D eigenvalue weighted by molar-refractivity contribution is 7.96. The molecular formula is C25H36N4O7S3. The van der Waals surface area contributed by atoms with E-state index in [4.69, 9.17) is 28.9 Å². The Morgan fingerprint density at radius 1 is 0.974 bits per heavy atom. The highest BCUT2D eigenvalue weighted by Crippen LogP contribution is 2.40. The van der Waals surface area contributed by atoms with Crippen molar-refractivity contribution in [3.63, 3.8) is 0 Å². The SMILES string of the molecule is C.COc1ccc(-c2nc(C3CCCCC3)oc2-c2ccccc2S(N)(=O)=O)cc1.NC(=O)S.NC(=O)S.O. The van der Waals surface area contributed by atoms with Gasteiger partial charge in [0.05, 0.1) is 12.0 Å². The Bertz CT molecular complexity index is 1290. The molecule has 1 fully saturated rings. The first kappa shape index (κ1) is 36.0. The van der Waals surface area contributed by atoms with Crippen molar-refractivity contribution in [2.24, 2.45) is 16.6 Å². The summed E-state index contributed by atoms with van der Waals surface area (Å²) in [5, 5.41) is 4.19. The Labute approximate surface area is 239 Å². The Hall–Kier alpha value is -3.04. The number of primary sulfonamides is 1. The summed E-state index contributed by atoms with van der Waals surface area (Å²) < 4.78 is 35.8. The number of rotatable bonds is 5. The van der Waals surface area contributed by atoms with Crippen LogP contribution in [0.1, 0.15) is 51.3 Å². The maximum atomic E-state index is 12.2. The number of ether oxygens (including phenoxy) is 1. The second-order valence-corrected chi connectivity index (χ2v) is 10.4. The molecule has 0 aliphatic heterocycles. The van der Waals surface area contributed by atoms with Gasteiger partial charge in [-0.25, -0.2) is 18.5 Å². The summed E-state index contributed by atoms with van der Waals surface area (Å²) in [7, 11) is -2.30. The zero-order valence-corrected chi connectivity index (χ0v) is 23.3. The third kappa shape index (κ3) is 11.3. The van der Waals surface area contributed by atoms with Crippen LogP contribution < -0.4 is 21.3 Å². The topological polar surface area (TPSA) is 213 Å². The molecule has 1 heterocycles. The first-order chi connectivity index (χ1) is 17.4. The van der Waals surface area contributed by atoms with Crippen LogP contribution >= 0.6 is 25.3 Å². The minimum absolute atomic E-state index is 0. The molecule has 1 aliphatic rings.